The Morgan fingerprint density at radius 3 is 1.25 bits per heavy atom. The lowest BCUT2D eigenvalue weighted by molar-refractivity contribution is -0.163. The second kappa shape index (κ2) is 11.7. The number of hydrogen-bond donors (Lipinski definition) is 0. The van der Waals surface area contributed by atoms with Gasteiger partial charge in [0, 0.05) is 0 Å². The Morgan fingerprint density at radius 1 is 0.714 bits per heavy atom. The summed E-state index contributed by atoms with van der Waals surface area (Å²) in [5.74, 6) is -2.01. The molecule has 0 aromatic carbocycles. The molecule has 8 nitrogen and oxygen atoms in total. The fraction of sp³-hybridized carbons (Fsp3) is 0.778. The van der Waals surface area contributed by atoms with E-state index in [1.807, 2.05) is 0 Å². The van der Waals surface area contributed by atoms with E-state index in [4.69, 9.17) is 9.47 Å². The van der Waals surface area contributed by atoms with Crippen molar-refractivity contribution in [1.29, 1.82) is 0 Å². The zero-order valence-electron chi connectivity index (χ0n) is 17.0. The van der Waals surface area contributed by atoms with Crippen LogP contribution in [0.15, 0.2) is 0 Å². The van der Waals surface area contributed by atoms with Crippen LogP contribution in [0.1, 0.15) is 40.5 Å². The number of alkyl halides is 2. The van der Waals surface area contributed by atoms with Crippen LogP contribution in [-0.4, -0.2) is 61.0 Å². The van der Waals surface area contributed by atoms with Crippen LogP contribution in [0, 0.1) is 10.8 Å². The first kappa shape index (κ1) is 26.8. The predicted molar refractivity (Wildman–Crippen MR) is 108 cm³/mol. The summed E-state index contributed by atoms with van der Waals surface area (Å²) in [7, 11) is 2.53. The SMILES string of the molecule is COC(=O)C(Br)CC(C)(C)C(=O)OCCOC(=O)C(C)(C)CC(Br)C(=O)OC. The maximum atomic E-state index is 12.2. The zero-order valence-corrected chi connectivity index (χ0v) is 20.2. The molecule has 0 fully saturated rings. The number of halogens is 2. The summed E-state index contributed by atoms with van der Waals surface area (Å²) >= 11 is 6.35. The first-order valence-electron chi connectivity index (χ1n) is 8.56. The van der Waals surface area contributed by atoms with E-state index in [2.05, 4.69) is 41.3 Å². The van der Waals surface area contributed by atoms with E-state index in [1.165, 1.54) is 14.2 Å². The molecule has 0 spiro atoms. The van der Waals surface area contributed by atoms with Crippen molar-refractivity contribution in [1.82, 2.24) is 0 Å². The van der Waals surface area contributed by atoms with Crippen LogP contribution in [0.2, 0.25) is 0 Å². The van der Waals surface area contributed by atoms with E-state index in [0.717, 1.165) is 0 Å². The van der Waals surface area contributed by atoms with Gasteiger partial charge in [0.2, 0.25) is 0 Å². The molecule has 2 atom stereocenters. The lowest BCUT2D eigenvalue weighted by atomic mass is 9.88. The first-order chi connectivity index (χ1) is 12.8. The third kappa shape index (κ3) is 8.89. The molecule has 0 amide bonds. The molecule has 0 aromatic rings. The van der Waals surface area contributed by atoms with Crippen molar-refractivity contribution >= 4 is 55.7 Å². The minimum atomic E-state index is -0.935. The van der Waals surface area contributed by atoms with Crippen LogP contribution >= 0.6 is 31.9 Å². The molecule has 28 heavy (non-hydrogen) atoms. The van der Waals surface area contributed by atoms with Gasteiger partial charge in [0.05, 0.1) is 25.0 Å². The van der Waals surface area contributed by atoms with Gasteiger partial charge in [-0.1, -0.05) is 31.9 Å². The number of methoxy groups -OCH3 is 2. The standard InChI is InChI=1S/C18H28Br2O8/c1-17(2,9-11(19)13(21)25-5)15(23)27-7-8-28-16(24)18(3,4)10-12(20)14(22)26-6/h11-12H,7-10H2,1-6H3. The van der Waals surface area contributed by atoms with E-state index in [0.29, 0.717) is 0 Å². The normalized spacial score (nSPS) is 13.9. The first-order valence-corrected chi connectivity index (χ1v) is 10.4. The fourth-order valence-electron chi connectivity index (χ4n) is 2.14. The van der Waals surface area contributed by atoms with Gasteiger partial charge in [-0.2, -0.15) is 0 Å². The largest absolute Gasteiger partial charge is 0.468 e. The fourth-order valence-corrected chi connectivity index (χ4v) is 4.14. The van der Waals surface area contributed by atoms with Gasteiger partial charge in [-0.25, -0.2) is 0 Å². The molecule has 0 saturated carbocycles. The number of hydrogen-bond acceptors (Lipinski definition) is 8. The molecular formula is C18H28Br2O8. The van der Waals surface area contributed by atoms with Gasteiger partial charge in [-0.15, -0.1) is 0 Å². The maximum absolute atomic E-state index is 12.2. The molecule has 162 valence electrons. The minimum Gasteiger partial charge on any atom is -0.468 e. The van der Waals surface area contributed by atoms with Crippen LogP contribution < -0.4 is 0 Å². The van der Waals surface area contributed by atoms with Crippen molar-refractivity contribution < 1.29 is 38.1 Å². The van der Waals surface area contributed by atoms with Crippen LogP contribution in [0.4, 0.5) is 0 Å². The highest BCUT2D eigenvalue weighted by Crippen LogP contribution is 2.29. The van der Waals surface area contributed by atoms with Gasteiger partial charge in [-0.05, 0) is 40.5 Å². The van der Waals surface area contributed by atoms with Gasteiger partial charge in [-0.3, -0.25) is 19.2 Å². The van der Waals surface area contributed by atoms with Crippen molar-refractivity contribution in [3.8, 4) is 0 Å². The van der Waals surface area contributed by atoms with Gasteiger partial charge in [0.25, 0.3) is 0 Å². The smallest absolute Gasteiger partial charge is 0.319 e. The molecule has 0 radical (unpaired) electrons. The van der Waals surface area contributed by atoms with Crippen LogP contribution in [0.25, 0.3) is 0 Å². The van der Waals surface area contributed by atoms with E-state index in [9.17, 15) is 19.2 Å². The quantitative estimate of drug-likeness (QED) is 0.173. The Hall–Kier alpha value is -1.16. The van der Waals surface area contributed by atoms with Gasteiger partial charge < -0.3 is 18.9 Å². The zero-order chi connectivity index (χ0) is 22.1. The number of carbonyl (C=O) groups excluding carboxylic acids is 4. The predicted octanol–water partition coefficient (Wildman–Crippen LogP) is 2.78. The van der Waals surface area contributed by atoms with Crippen LogP contribution in [0.5, 0.6) is 0 Å². The molecule has 0 bridgehead atoms. The Morgan fingerprint density at radius 2 is 1.00 bits per heavy atom. The highest BCUT2D eigenvalue weighted by molar-refractivity contribution is 9.10. The molecule has 0 aliphatic heterocycles. The molecule has 0 saturated heterocycles. The molecule has 0 aliphatic rings. The third-order valence-electron chi connectivity index (χ3n) is 3.95. The Balaban J connectivity index is 4.45. The minimum absolute atomic E-state index is 0.121. The topological polar surface area (TPSA) is 105 Å². The van der Waals surface area contributed by atoms with E-state index in [1.54, 1.807) is 27.7 Å². The van der Waals surface area contributed by atoms with Crippen molar-refractivity contribution in [2.45, 2.75) is 50.2 Å². The van der Waals surface area contributed by atoms with Crippen LogP contribution in [-0.2, 0) is 38.1 Å². The summed E-state index contributed by atoms with van der Waals surface area (Å²) in [5.41, 5.74) is -1.87. The number of rotatable bonds is 11. The van der Waals surface area contributed by atoms with Crippen molar-refractivity contribution in [2.75, 3.05) is 27.4 Å². The van der Waals surface area contributed by atoms with Crippen LogP contribution in [0.3, 0.4) is 0 Å². The molecule has 0 aliphatic carbocycles. The van der Waals surface area contributed by atoms with Crippen molar-refractivity contribution in [3.05, 3.63) is 0 Å². The van der Waals surface area contributed by atoms with Crippen molar-refractivity contribution in [3.63, 3.8) is 0 Å². The van der Waals surface area contributed by atoms with E-state index < -0.39 is 44.4 Å². The van der Waals surface area contributed by atoms with E-state index >= 15 is 0 Å². The highest BCUT2D eigenvalue weighted by Gasteiger charge is 2.36. The Labute approximate surface area is 182 Å². The Bertz CT molecular complexity index is 524. The van der Waals surface area contributed by atoms with Crippen molar-refractivity contribution in [2.24, 2.45) is 10.8 Å². The molecule has 10 heteroatoms. The lowest BCUT2D eigenvalue weighted by Crippen LogP contribution is -2.34. The summed E-state index contributed by atoms with van der Waals surface area (Å²) < 4.78 is 19.5. The summed E-state index contributed by atoms with van der Waals surface area (Å²) in [4.78, 5) is 46.1. The Kier molecular flexibility index (Phi) is 11.3. The summed E-state index contributed by atoms with van der Waals surface area (Å²) in [6.07, 6.45) is 0.372. The van der Waals surface area contributed by atoms with Gasteiger partial charge >= 0.3 is 23.9 Å². The molecular weight excluding hydrogens is 504 g/mol. The monoisotopic (exact) mass is 530 g/mol. The summed E-state index contributed by atoms with van der Waals surface area (Å²) in [5, 5.41) is 0. The number of esters is 4. The third-order valence-corrected chi connectivity index (χ3v) is 5.34. The number of ether oxygens (including phenoxy) is 4. The molecule has 0 N–H and O–H groups in total. The average molecular weight is 532 g/mol. The summed E-state index contributed by atoms with van der Waals surface area (Å²) in [6, 6.07) is 0. The summed E-state index contributed by atoms with van der Waals surface area (Å²) in [6.45, 7) is 6.33. The molecule has 2 unspecified atom stereocenters. The lowest BCUT2D eigenvalue weighted by Gasteiger charge is -2.25. The second-order valence-corrected chi connectivity index (χ2v) is 9.64. The molecule has 0 heterocycles. The highest BCUT2D eigenvalue weighted by atomic mass is 79.9. The van der Waals surface area contributed by atoms with Gasteiger partial charge in [0.15, 0.2) is 0 Å². The van der Waals surface area contributed by atoms with E-state index in [-0.39, 0.29) is 26.1 Å². The molecule has 0 aromatic heterocycles. The molecule has 0 rings (SSSR count). The second-order valence-electron chi connectivity index (χ2n) is 7.43. The van der Waals surface area contributed by atoms with Gasteiger partial charge in [0.1, 0.15) is 22.9 Å². The average Bonchev–Trinajstić information content (AvgIpc) is 2.62. The maximum Gasteiger partial charge on any atom is 0.319 e. The number of carbonyl (C=O) groups is 4.